The van der Waals surface area contributed by atoms with Crippen molar-refractivity contribution in [2.45, 2.75) is 52.1 Å². The Bertz CT molecular complexity index is 501. The molecule has 2 unspecified atom stereocenters. The van der Waals surface area contributed by atoms with Crippen LogP contribution in [-0.2, 0) is 4.79 Å². The molecule has 1 amide bonds. The van der Waals surface area contributed by atoms with Crippen molar-refractivity contribution < 1.29 is 4.79 Å². The molecule has 1 fully saturated rings. The van der Waals surface area contributed by atoms with Gasteiger partial charge in [0.25, 0.3) is 0 Å². The van der Waals surface area contributed by atoms with E-state index in [0.29, 0.717) is 5.02 Å². The average molecular weight is 309 g/mol. The number of hydrogen-bond acceptors (Lipinski definition) is 2. The van der Waals surface area contributed by atoms with Gasteiger partial charge in [0.2, 0.25) is 5.91 Å². The van der Waals surface area contributed by atoms with Gasteiger partial charge < -0.3 is 10.6 Å². The number of amides is 1. The van der Waals surface area contributed by atoms with Gasteiger partial charge in [-0.2, -0.15) is 0 Å². The van der Waals surface area contributed by atoms with Crippen LogP contribution < -0.4 is 10.6 Å². The van der Waals surface area contributed by atoms with Crippen molar-refractivity contribution in [2.75, 3.05) is 6.54 Å². The van der Waals surface area contributed by atoms with E-state index in [0.717, 1.165) is 31.4 Å². The summed E-state index contributed by atoms with van der Waals surface area (Å²) in [5, 5.41) is 7.24. The second-order valence-electron chi connectivity index (χ2n) is 6.50. The van der Waals surface area contributed by atoms with E-state index in [2.05, 4.69) is 31.4 Å². The molecule has 2 N–H and O–H groups in total. The Morgan fingerprint density at radius 2 is 2.29 bits per heavy atom. The average Bonchev–Trinajstić information content (AvgIpc) is 2.44. The topological polar surface area (TPSA) is 41.1 Å². The van der Waals surface area contributed by atoms with Gasteiger partial charge in [0.1, 0.15) is 0 Å². The van der Waals surface area contributed by atoms with Crippen molar-refractivity contribution >= 4 is 17.5 Å². The zero-order valence-electron chi connectivity index (χ0n) is 13.1. The van der Waals surface area contributed by atoms with Gasteiger partial charge in [0, 0.05) is 5.02 Å². The van der Waals surface area contributed by atoms with Crippen LogP contribution in [0.4, 0.5) is 0 Å². The summed E-state index contributed by atoms with van der Waals surface area (Å²) in [6, 6.07) is 7.60. The maximum Gasteiger partial charge on any atom is 0.238 e. The molecule has 0 radical (unpaired) electrons. The molecule has 1 aromatic rings. The molecule has 0 bridgehead atoms. The molecule has 0 saturated carbocycles. The summed E-state index contributed by atoms with van der Waals surface area (Å²) in [6.45, 7) is 7.30. The number of carbonyl (C=O) groups is 1. The molecule has 1 saturated heterocycles. The van der Waals surface area contributed by atoms with E-state index < -0.39 is 0 Å². The molecule has 1 aliphatic heterocycles. The molecule has 1 aromatic carbocycles. The summed E-state index contributed by atoms with van der Waals surface area (Å²) in [5.41, 5.74) is 1.06. The molecule has 0 aliphatic carbocycles. The van der Waals surface area contributed by atoms with E-state index in [1.54, 1.807) is 0 Å². The summed E-state index contributed by atoms with van der Waals surface area (Å²) >= 11 is 6.05. The maximum atomic E-state index is 12.6. The quantitative estimate of drug-likeness (QED) is 0.891. The first-order chi connectivity index (χ1) is 9.94. The normalized spacial score (nSPS) is 22.6. The van der Waals surface area contributed by atoms with Crippen LogP contribution in [0.25, 0.3) is 0 Å². The number of rotatable bonds is 4. The standard InChI is InChI=1S/C17H25ClN2O/c1-4-14(12-7-5-8-13(18)11-12)20-16(21)15-17(2,3)9-6-10-19-15/h5,7-8,11,14-15,19H,4,6,9-10H2,1-3H3,(H,20,21). The van der Waals surface area contributed by atoms with Crippen LogP contribution in [0.3, 0.4) is 0 Å². The van der Waals surface area contributed by atoms with Gasteiger partial charge >= 0.3 is 0 Å². The van der Waals surface area contributed by atoms with Gasteiger partial charge in [0.05, 0.1) is 12.1 Å². The number of piperidine rings is 1. The van der Waals surface area contributed by atoms with E-state index in [1.807, 2.05) is 24.3 Å². The minimum absolute atomic E-state index is 0.00500. The molecular weight excluding hydrogens is 284 g/mol. The number of nitrogens with one attached hydrogen (secondary N) is 2. The summed E-state index contributed by atoms with van der Waals surface area (Å²) in [7, 11) is 0. The lowest BCUT2D eigenvalue weighted by molar-refractivity contribution is -0.127. The van der Waals surface area contributed by atoms with Crippen molar-refractivity contribution in [3.63, 3.8) is 0 Å². The third-order valence-corrected chi connectivity index (χ3v) is 4.60. The molecule has 21 heavy (non-hydrogen) atoms. The summed E-state index contributed by atoms with van der Waals surface area (Å²) < 4.78 is 0. The lowest BCUT2D eigenvalue weighted by Crippen LogP contribution is -2.56. The Kier molecular flexibility index (Phi) is 5.28. The minimum Gasteiger partial charge on any atom is -0.348 e. The zero-order valence-corrected chi connectivity index (χ0v) is 13.8. The number of carbonyl (C=O) groups excluding carboxylic acids is 1. The number of benzene rings is 1. The Morgan fingerprint density at radius 1 is 1.52 bits per heavy atom. The van der Waals surface area contributed by atoms with Gasteiger partial charge in [-0.15, -0.1) is 0 Å². The monoisotopic (exact) mass is 308 g/mol. The van der Waals surface area contributed by atoms with E-state index in [4.69, 9.17) is 11.6 Å². The molecule has 2 rings (SSSR count). The lowest BCUT2D eigenvalue weighted by Gasteiger charge is -2.39. The molecule has 4 heteroatoms. The van der Waals surface area contributed by atoms with Crippen molar-refractivity contribution in [1.82, 2.24) is 10.6 Å². The molecule has 1 heterocycles. The van der Waals surface area contributed by atoms with Crippen LogP contribution in [0.5, 0.6) is 0 Å². The largest absolute Gasteiger partial charge is 0.348 e. The SMILES string of the molecule is CCC(NC(=O)C1NCCCC1(C)C)c1cccc(Cl)c1. The highest BCUT2D eigenvalue weighted by Gasteiger charge is 2.37. The molecule has 1 aliphatic rings. The predicted octanol–water partition coefficient (Wildman–Crippen LogP) is 3.69. The van der Waals surface area contributed by atoms with Gasteiger partial charge in [-0.25, -0.2) is 0 Å². The molecule has 116 valence electrons. The van der Waals surface area contributed by atoms with Gasteiger partial charge in [-0.3, -0.25) is 4.79 Å². The van der Waals surface area contributed by atoms with Crippen LogP contribution >= 0.6 is 11.6 Å². The highest BCUT2D eigenvalue weighted by molar-refractivity contribution is 6.30. The van der Waals surface area contributed by atoms with Crippen molar-refractivity contribution in [3.05, 3.63) is 34.9 Å². The smallest absolute Gasteiger partial charge is 0.238 e. The van der Waals surface area contributed by atoms with Crippen molar-refractivity contribution in [2.24, 2.45) is 5.41 Å². The van der Waals surface area contributed by atoms with Gasteiger partial charge in [-0.05, 0) is 48.9 Å². The fraction of sp³-hybridized carbons (Fsp3) is 0.588. The molecule has 2 atom stereocenters. The molecule has 3 nitrogen and oxygen atoms in total. The van der Waals surface area contributed by atoms with Crippen LogP contribution in [0.2, 0.25) is 5.02 Å². The Hall–Kier alpha value is -1.06. The third kappa shape index (κ3) is 3.98. The second-order valence-corrected chi connectivity index (χ2v) is 6.94. The third-order valence-electron chi connectivity index (χ3n) is 4.37. The first kappa shape index (κ1) is 16.3. The Morgan fingerprint density at radius 3 is 2.90 bits per heavy atom. The van der Waals surface area contributed by atoms with E-state index >= 15 is 0 Å². The number of hydrogen-bond donors (Lipinski definition) is 2. The predicted molar refractivity (Wildman–Crippen MR) is 87.4 cm³/mol. The van der Waals surface area contributed by atoms with Crippen LogP contribution in [0.1, 0.15) is 51.6 Å². The van der Waals surface area contributed by atoms with Gasteiger partial charge in [-0.1, -0.05) is 44.5 Å². The number of halogens is 1. The summed E-state index contributed by atoms with van der Waals surface area (Å²) in [5.74, 6) is 0.0894. The van der Waals surface area contributed by atoms with Gasteiger partial charge in [0.15, 0.2) is 0 Å². The first-order valence-electron chi connectivity index (χ1n) is 7.73. The molecule has 0 spiro atoms. The Balaban J connectivity index is 2.09. The highest BCUT2D eigenvalue weighted by Crippen LogP contribution is 2.31. The summed E-state index contributed by atoms with van der Waals surface area (Å²) in [4.78, 5) is 12.6. The molecule has 0 aromatic heterocycles. The van der Waals surface area contributed by atoms with Crippen LogP contribution in [0, 0.1) is 5.41 Å². The molecular formula is C17H25ClN2O. The fourth-order valence-corrected chi connectivity index (χ4v) is 3.26. The lowest BCUT2D eigenvalue weighted by atomic mass is 9.77. The van der Waals surface area contributed by atoms with Crippen LogP contribution in [0.15, 0.2) is 24.3 Å². The van der Waals surface area contributed by atoms with E-state index in [-0.39, 0.29) is 23.4 Å². The fourth-order valence-electron chi connectivity index (χ4n) is 3.06. The van der Waals surface area contributed by atoms with E-state index in [9.17, 15) is 4.79 Å². The van der Waals surface area contributed by atoms with Crippen LogP contribution in [-0.4, -0.2) is 18.5 Å². The summed E-state index contributed by atoms with van der Waals surface area (Å²) in [6.07, 6.45) is 3.05. The maximum absolute atomic E-state index is 12.6. The second kappa shape index (κ2) is 6.80. The van der Waals surface area contributed by atoms with E-state index in [1.165, 1.54) is 0 Å². The first-order valence-corrected chi connectivity index (χ1v) is 8.11. The highest BCUT2D eigenvalue weighted by atomic mass is 35.5. The van der Waals surface area contributed by atoms with Crippen molar-refractivity contribution in [3.8, 4) is 0 Å². The zero-order chi connectivity index (χ0) is 15.5. The minimum atomic E-state index is -0.125. The Labute approximate surface area is 132 Å². The van der Waals surface area contributed by atoms with Crippen molar-refractivity contribution in [1.29, 1.82) is 0 Å².